The number of alkyl halides is 6. The summed E-state index contributed by atoms with van der Waals surface area (Å²) in [4.78, 5) is 26.9. The van der Waals surface area contributed by atoms with Gasteiger partial charge in [-0.05, 0) is 67.4 Å². The first-order valence-corrected chi connectivity index (χ1v) is 11.6. The number of anilines is 1. The number of hydrogen-bond acceptors (Lipinski definition) is 3. The summed E-state index contributed by atoms with van der Waals surface area (Å²) in [6, 6.07) is 16.4. The molecule has 1 N–H and O–H groups in total. The van der Waals surface area contributed by atoms with E-state index in [4.69, 9.17) is 4.74 Å². The molecule has 1 fully saturated rings. The Morgan fingerprint density at radius 2 is 1.39 bits per heavy atom. The Morgan fingerprint density at radius 3 is 1.97 bits per heavy atom. The van der Waals surface area contributed by atoms with Gasteiger partial charge in [0.1, 0.15) is 11.5 Å². The number of carbonyl (C=O) groups is 2. The first-order valence-electron chi connectivity index (χ1n) is 11.6. The highest BCUT2D eigenvalue weighted by molar-refractivity contribution is 5.96. The highest BCUT2D eigenvalue weighted by atomic mass is 19.4. The van der Waals surface area contributed by atoms with E-state index >= 15 is 0 Å². The number of rotatable bonds is 5. The Morgan fingerprint density at radius 1 is 0.816 bits per heavy atom. The van der Waals surface area contributed by atoms with Crippen LogP contribution in [0.2, 0.25) is 0 Å². The summed E-state index contributed by atoms with van der Waals surface area (Å²) in [6.45, 7) is -0.0385. The van der Waals surface area contributed by atoms with Gasteiger partial charge in [0.15, 0.2) is 0 Å². The second-order valence-electron chi connectivity index (χ2n) is 8.81. The van der Waals surface area contributed by atoms with E-state index in [1.807, 2.05) is 18.2 Å². The van der Waals surface area contributed by atoms with Crippen LogP contribution in [0, 0.1) is 5.92 Å². The predicted molar refractivity (Wildman–Crippen MR) is 127 cm³/mol. The molecule has 11 heteroatoms. The van der Waals surface area contributed by atoms with E-state index in [-0.39, 0.29) is 19.2 Å². The highest BCUT2D eigenvalue weighted by Crippen LogP contribution is 2.37. The molecule has 0 saturated carbocycles. The van der Waals surface area contributed by atoms with E-state index in [0.29, 0.717) is 42.2 Å². The highest BCUT2D eigenvalue weighted by Gasteiger charge is 2.38. The first-order chi connectivity index (χ1) is 17.9. The van der Waals surface area contributed by atoms with Crippen molar-refractivity contribution in [1.29, 1.82) is 0 Å². The van der Waals surface area contributed by atoms with E-state index in [1.54, 1.807) is 36.4 Å². The molecule has 3 aromatic rings. The minimum atomic E-state index is -5.07. The number of carbonyl (C=O) groups excluding carboxylic acids is 2. The molecule has 2 amide bonds. The molecule has 1 atom stereocenters. The molecule has 0 aliphatic carbocycles. The van der Waals surface area contributed by atoms with Gasteiger partial charge in [-0.1, -0.05) is 18.2 Å². The molecule has 0 radical (unpaired) electrons. The SMILES string of the molecule is O=C(Nc1ccc(Oc2ccccc2)cc1)C1CCCN(C(=O)c2cc(C(F)(F)F)cc(C(F)(F)F)c2)C1. The average Bonchev–Trinajstić information content (AvgIpc) is 2.89. The van der Waals surface area contributed by atoms with Crippen molar-refractivity contribution in [2.24, 2.45) is 5.92 Å². The molecule has 4 rings (SSSR count). The van der Waals surface area contributed by atoms with Crippen molar-refractivity contribution in [2.45, 2.75) is 25.2 Å². The van der Waals surface area contributed by atoms with Crippen LogP contribution < -0.4 is 10.1 Å². The molecule has 1 aliphatic rings. The van der Waals surface area contributed by atoms with Crippen molar-refractivity contribution in [3.05, 3.63) is 89.5 Å². The first kappa shape index (κ1) is 27.0. The van der Waals surface area contributed by atoms with Gasteiger partial charge in [0.05, 0.1) is 17.0 Å². The second-order valence-corrected chi connectivity index (χ2v) is 8.81. The molecule has 200 valence electrons. The standard InChI is InChI=1S/C27H22F6N2O3/c28-26(29,30)19-13-18(14-20(15-19)27(31,32)33)25(37)35-12-4-5-17(16-35)24(36)34-21-8-10-23(11-9-21)38-22-6-2-1-3-7-22/h1-3,6-11,13-15,17H,4-5,12,16H2,(H,34,36). The molecule has 38 heavy (non-hydrogen) atoms. The summed E-state index contributed by atoms with van der Waals surface area (Å²) in [5.41, 5.74) is -3.41. The van der Waals surface area contributed by atoms with E-state index < -0.39 is 46.8 Å². The lowest BCUT2D eigenvalue weighted by atomic mass is 9.95. The number of ether oxygens (including phenoxy) is 1. The smallest absolute Gasteiger partial charge is 0.416 e. The molecule has 1 unspecified atom stereocenters. The fourth-order valence-corrected chi connectivity index (χ4v) is 4.11. The molecule has 5 nitrogen and oxygen atoms in total. The predicted octanol–water partition coefficient (Wildman–Crippen LogP) is 7.01. The van der Waals surface area contributed by atoms with Crippen LogP contribution in [0.15, 0.2) is 72.8 Å². The van der Waals surface area contributed by atoms with Gasteiger partial charge in [-0.3, -0.25) is 9.59 Å². The van der Waals surface area contributed by atoms with Crippen LogP contribution in [-0.4, -0.2) is 29.8 Å². The summed E-state index contributed by atoms with van der Waals surface area (Å²) in [6.07, 6.45) is -9.37. The lowest BCUT2D eigenvalue weighted by molar-refractivity contribution is -0.143. The van der Waals surface area contributed by atoms with Crippen molar-refractivity contribution >= 4 is 17.5 Å². The monoisotopic (exact) mass is 536 g/mol. The Balaban J connectivity index is 1.43. The molecule has 0 spiro atoms. The van der Waals surface area contributed by atoms with Crippen LogP contribution in [-0.2, 0) is 17.1 Å². The number of likely N-dealkylation sites (tertiary alicyclic amines) is 1. The van der Waals surface area contributed by atoms with Crippen molar-refractivity contribution in [1.82, 2.24) is 4.90 Å². The molecule has 1 heterocycles. The second kappa shape index (κ2) is 10.8. The summed E-state index contributed by atoms with van der Waals surface area (Å²) < 4.78 is 84.9. The van der Waals surface area contributed by atoms with Crippen molar-refractivity contribution in [2.75, 3.05) is 18.4 Å². The zero-order chi connectivity index (χ0) is 27.5. The molecular weight excluding hydrogens is 514 g/mol. The molecule has 1 aliphatic heterocycles. The maximum Gasteiger partial charge on any atom is 0.416 e. The van der Waals surface area contributed by atoms with Crippen LogP contribution in [0.1, 0.15) is 34.3 Å². The largest absolute Gasteiger partial charge is 0.457 e. The van der Waals surface area contributed by atoms with E-state index in [1.165, 1.54) is 0 Å². The fourth-order valence-electron chi connectivity index (χ4n) is 4.11. The number of piperidine rings is 1. The van der Waals surface area contributed by atoms with Gasteiger partial charge < -0.3 is 15.0 Å². The third kappa shape index (κ3) is 6.64. The quantitative estimate of drug-likeness (QED) is 0.357. The van der Waals surface area contributed by atoms with Gasteiger partial charge in [-0.15, -0.1) is 0 Å². The maximum atomic E-state index is 13.2. The van der Waals surface area contributed by atoms with Gasteiger partial charge >= 0.3 is 12.4 Å². The third-order valence-corrected chi connectivity index (χ3v) is 6.01. The van der Waals surface area contributed by atoms with Gasteiger partial charge in [0, 0.05) is 24.3 Å². The maximum absolute atomic E-state index is 13.2. The van der Waals surface area contributed by atoms with Crippen molar-refractivity contribution in [3.8, 4) is 11.5 Å². The third-order valence-electron chi connectivity index (χ3n) is 6.01. The summed E-state index contributed by atoms with van der Waals surface area (Å²) >= 11 is 0. The molecular formula is C27H22F6N2O3. The molecule has 0 bridgehead atoms. The topological polar surface area (TPSA) is 58.6 Å². The number of halogens is 6. The number of para-hydroxylation sites is 1. The average molecular weight is 536 g/mol. The summed E-state index contributed by atoms with van der Waals surface area (Å²) in [5.74, 6) is -0.927. The van der Waals surface area contributed by atoms with Gasteiger partial charge in [-0.25, -0.2) is 0 Å². The van der Waals surface area contributed by atoms with Gasteiger partial charge in [0.2, 0.25) is 5.91 Å². The number of nitrogens with one attached hydrogen (secondary N) is 1. The summed E-state index contributed by atoms with van der Waals surface area (Å²) in [5, 5.41) is 2.73. The van der Waals surface area contributed by atoms with Crippen LogP contribution in [0.4, 0.5) is 32.0 Å². The van der Waals surface area contributed by atoms with Gasteiger partial charge in [-0.2, -0.15) is 26.3 Å². The van der Waals surface area contributed by atoms with Crippen LogP contribution in [0.5, 0.6) is 11.5 Å². The van der Waals surface area contributed by atoms with E-state index in [9.17, 15) is 35.9 Å². The van der Waals surface area contributed by atoms with E-state index in [0.717, 1.165) is 4.90 Å². The Hall–Kier alpha value is -4.02. The number of hydrogen-bond donors (Lipinski definition) is 1. The Kier molecular flexibility index (Phi) is 7.66. The minimum Gasteiger partial charge on any atom is -0.457 e. The zero-order valence-electron chi connectivity index (χ0n) is 19.8. The van der Waals surface area contributed by atoms with Gasteiger partial charge in [0.25, 0.3) is 5.91 Å². The fraction of sp³-hybridized carbons (Fsp3) is 0.259. The van der Waals surface area contributed by atoms with Crippen LogP contribution >= 0.6 is 0 Å². The number of benzene rings is 3. The normalized spacial score (nSPS) is 16.2. The van der Waals surface area contributed by atoms with Crippen molar-refractivity contribution in [3.63, 3.8) is 0 Å². The summed E-state index contributed by atoms with van der Waals surface area (Å²) in [7, 11) is 0. The zero-order valence-corrected chi connectivity index (χ0v) is 19.8. The minimum absolute atomic E-state index is 0.0284. The van der Waals surface area contributed by atoms with Crippen LogP contribution in [0.3, 0.4) is 0 Å². The molecule has 0 aromatic heterocycles. The lowest BCUT2D eigenvalue weighted by Crippen LogP contribution is -2.43. The van der Waals surface area contributed by atoms with Crippen molar-refractivity contribution < 1.29 is 40.7 Å². The van der Waals surface area contributed by atoms with Crippen LogP contribution in [0.25, 0.3) is 0 Å². The Labute approximate surface area is 214 Å². The Bertz CT molecular complexity index is 1260. The molecule has 1 saturated heterocycles. The lowest BCUT2D eigenvalue weighted by Gasteiger charge is -2.32. The molecule has 3 aromatic carbocycles. The number of amides is 2. The number of nitrogens with zero attached hydrogens (tertiary/aromatic N) is 1. The van der Waals surface area contributed by atoms with E-state index in [2.05, 4.69) is 5.32 Å².